The summed E-state index contributed by atoms with van der Waals surface area (Å²) in [6.45, 7) is 3.00. The van der Waals surface area contributed by atoms with Gasteiger partial charge in [-0.25, -0.2) is 9.97 Å². The highest BCUT2D eigenvalue weighted by Crippen LogP contribution is 2.36. The van der Waals surface area contributed by atoms with Gasteiger partial charge in [-0.15, -0.1) is 0 Å². The maximum Gasteiger partial charge on any atom is 0.307 e. The molecule has 2 atom stereocenters. The summed E-state index contributed by atoms with van der Waals surface area (Å²) in [6.07, 6.45) is 4.82. The van der Waals surface area contributed by atoms with E-state index < -0.39 is 0 Å². The molecule has 0 saturated carbocycles. The highest BCUT2D eigenvalue weighted by Gasteiger charge is 2.29. The molecule has 7 nitrogen and oxygen atoms in total. The molecule has 2 aromatic heterocycles. The zero-order valence-electron chi connectivity index (χ0n) is 15.3. The summed E-state index contributed by atoms with van der Waals surface area (Å²) in [5.41, 5.74) is 9.12. The number of carbonyl (C=O) groups is 1. The van der Waals surface area contributed by atoms with Crippen LogP contribution in [-0.2, 0) is 9.53 Å². The Bertz CT molecular complexity index is 954. The summed E-state index contributed by atoms with van der Waals surface area (Å²) in [5, 5.41) is 4.30. The lowest BCUT2D eigenvalue weighted by molar-refractivity contribution is -0.143. The normalized spacial score (nSPS) is 19.4. The Labute approximate surface area is 157 Å². The Morgan fingerprint density at radius 1 is 1.33 bits per heavy atom. The van der Waals surface area contributed by atoms with Crippen LogP contribution in [0.15, 0.2) is 42.9 Å². The van der Waals surface area contributed by atoms with Crippen molar-refractivity contribution in [2.75, 3.05) is 18.9 Å². The van der Waals surface area contributed by atoms with Crippen molar-refractivity contribution in [3.05, 3.63) is 42.9 Å². The lowest BCUT2D eigenvalue weighted by Gasteiger charge is -2.13. The van der Waals surface area contributed by atoms with E-state index in [-0.39, 0.29) is 18.1 Å². The second-order valence-corrected chi connectivity index (χ2v) is 6.78. The minimum absolute atomic E-state index is 0.103. The molecule has 0 aliphatic carbocycles. The minimum Gasteiger partial charge on any atom is -0.466 e. The second-order valence-electron chi connectivity index (χ2n) is 6.78. The largest absolute Gasteiger partial charge is 0.466 e. The molecule has 3 N–H and O–H groups in total. The quantitative estimate of drug-likeness (QED) is 0.675. The van der Waals surface area contributed by atoms with E-state index in [1.165, 1.54) is 6.33 Å². The second kappa shape index (κ2) is 7.36. The molecule has 3 heterocycles. The van der Waals surface area contributed by atoms with Crippen LogP contribution in [0.4, 0.5) is 5.82 Å². The van der Waals surface area contributed by atoms with Gasteiger partial charge in [-0.05, 0) is 18.9 Å². The van der Waals surface area contributed by atoms with E-state index in [0.717, 1.165) is 35.1 Å². The molecule has 4 rings (SSSR count). The predicted molar refractivity (Wildman–Crippen MR) is 104 cm³/mol. The third-order valence-corrected chi connectivity index (χ3v) is 5.03. The van der Waals surface area contributed by atoms with Crippen LogP contribution in [0.5, 0.6) is 0 Å². The van der Waals surface area contributed by atoms with Gasteiger partial charge in [0.15, 0.2) is 0 Å². The molecular formula is C20H23N5O2. The van der Waals surface area contributed by atoms with E-state index in [0.29, 0.717) is 18.8 Å². The number of benzene rings is 1. The number of anilines is 1. The van der Waals surface area contributed by atoms with Gasteiger partial charge in [0.25, 0.3) is 0 Å². The van der Waals surface area contributed by atoms with Crippen molar-refractivity contribution >= 4 is 22.8 Å². The number of hydrogen-bond acceptors (Lipinski definition) is 6. The molecule has 1 aliphatic rings. The molecule has 0 amide bonds. The van der Waals surface area contributed by atoms with Gasteiger partial charge in [0.1, 0.15) is 17.8 Å². The number of nitrogens with two attached hydrogens (primary N) is 1. The number of nitrogens with one attached hydrogen (secondary N) is 1. The fraction of sp³-hybridized carbons (Fsp3) is 0.350. The molecule has 1 aromatic carbocycles. The molecule has 3 aromatic rings. The fourth-order valence-corrected chi connectivity index (χ4v) is 3.81. The third kappa shape index (κ3) is 3.38. The van der Waals surface area contributed by atoms with Crippen molar-refractivity contribution in [1.82, 2.24) is 19.9 Å². The van der Waals surface area contributed by atoms with Crippen LogP contribution in [0.2, 0.25) is 0 Å². The van der Waals surface area contributed by atoms with Crippen molar-refractivity contribution in [3.63, 3.8) is 0 Å². The molecule has 7 heteroatoms. The van der Waals surface area contributed by atoms with Crippen LogP contribution in [0.3, 0.4) is 0 Å². The number of fused-ring (bicyclic) bond motifs is 1. The van der Waals surface area contributed by atoms with E-state index >= 15 is 0 Å². The van der Waals surface area contributed by atoms with Crippen molar-refractivity contribution in [3.8, 4) is 11.1 Å². The molecule has 27 heavy (non-hydrogen) atoms. The topological polar surface area (TPSA) is 95.1 Å². The zero-order chi connectivity index (χ0) is 18.8. The summed E-state index contributed by atoms with van der Waals surface area (Å²) in [7, 11) is 0. The number of ether oxygens (including phenoxy) is 1. The molecule has 1 saturated heterocycles. The Morgan fingerprint density at radius 2 is 2.15 bits per heavy atom. The standard InChI is InChI=1S/C20H23N5O2/c1-2-27-17(26)9-14-8-15(10-22-14)25-11-16(13-6-4-3-5-7-13)18-19(21)23-12-24-20(18)25/h3-7,11-12,14-15,22H,2,8-10H2,1H3,(H2,21,23,24)/t14-,15-/m0/s1. The molecular weight excluding hydrogens is 342 g/mol. The summed E-state index contributed by atoms with van der Waals surface area (Å²) >= 11 is 0. The number of nitrogens with zero attached hydrogens (tertiary/aromatic N) is 3. The number of esters is 1. The van der Waals surface area contributed by atoms with Gasteiger partial charge in [0, 0.05) is 30.4 Å². The highest BCUT2D eigenvalue weighted by molar-refractivity contribution is 6.00. The summed E-state index contributed by atoms with van der Waals surface area (Å²) in [6, 6.07) is 10.4. The van der Waals surface area contributed by atoms with Gasteiger partial charge in [0.2, 0.25) is 0 Å². The number of carbonyl (C=O) groups excluding carboxylic acids is 1. The molecule has 0 radical (unpaired) electrons. The van der Waals surface area contributed by atoms with Gasteiger partial charge in [-0.2, -0.15) is 0 Å². The maximum absolute atomic E-state index is 11.8. The van der Waals surface area contributed by atoms with Gasteiger partial charge in [0.05, 0.1) is 18.4 Å². The zero-order valence-corrected chi connectivity index (χ0v) is 15.3. The molecule has 140 valence electrons. The van der Waals surface area contributed by atoms with Crippen molar-refractivity contribution in [1.29, 1.82) is 0 Å². The van der Waals surface area contributed by atoms with Crippen LogP contribution >= 0.6 is 0 Å². The number of aromatic nitrogens is 3. The number of rotatable bonds is 5. The Hall–Kier alpha value is -2.93. The Morgan fingerprint density at radius 3 is 2.93 bits per heavy atom. The summed E-state index contributed by atoms with van der Waals surface area (Å²) in [4.78, 5) is 20.5. The van der Waals surface area contributed by atoms with E-state index in [1.807, 2.05) is 25.1 Å². The van der Waals surface area contributed by atoms with Crippen LogP contribution in [-0.4, -0.2) is 39.7 Å². The lowest BCUT2D eigenvalue weighted by Crippen LogP contribution is -2.25. The molecule has 1 aliphatic heterocycles. The third-order valence-electron chi connectivity index (χ3n) is 5.03. The first kappa shape index (κ1) is 17.5. The maximum atomic E-state index is 11.8. The van der Waals surface area contributed by atoms with Gasteiger partial charge < -0.3 is 20.4 Å². The van der Waals surface area contributed by atoms with Gasteiger partial charge in [-0.1, -0.05) is 30.3 Å². The average molecular weight is 365 g/mol. The first-order chi connectivity index (χ1) is 13.2. The first-order valence-corrected chi connectivity index (χ1v) is 9.22. The van der Waals surface area contributed by atoms with Crippen molar-refractivity contribution in [2.45, 2.75) is 31.8 Å². The number of nitrogen functional groups attached to an aromatic ring is 1. The fourth-order valence-electron chi connectivity index (χ4n) is 3.81. The average Bonchev–Trinajstić information content (AvgIpc) is 3.28. The molecule has 1 fully saturated rings. The molecule has 0 unspecified atom stereocenters. The smallest absolute Gasteiger partial charge is 0.307 e. The van der Waals surface area contributed by atoms with Crippen LogP contribution in [0.1, 0.15) is 25.8 Å². The summed E-state index contributed by atoms with van der Waals surface area (Å²) < 4.78 is 7.23. The van der Waals surface area contributed by atoms with E-state index in [4.69, 9.17) is 10.5 Å². The number of hydrogen-bond donors (Lipinski definition) is 2. The van der Waals surface area contributed by atoms with E-state index in [2.05, 4.69) is 38.2 Å². The van der Waals surface area contributed by atoms with Crippen molar-refractivity contribution < 1.29 is 9.53 Å². The van der Waals surface area contributed by atoms with Crippen LogP contribution in [0.25, 0.3) is 22.2 Å². The van der Waals surface area contributed by atoms with Crippen molar-refractivity contribution in [2.24, 2.45) is 0 Å². The van der Waals surface area contributed by atoms with Gasteiger partial charge in [-0.3, -0.25) is 4.79 Å². The Kier molecular flexibility index (Phi) is 4.77. The van der Waals surface area contributed by atoms with E-state index in [9.17, 15) is 4.79 Å². The summed E-state index contributed by atoms with van der Waals surface area (Å²) in [5.74, 6) is 0.316. The van der Waals surface area contributed by atoms with E-state index in [1.54, 1.807) is 0 Å². The van der Waals surface area contributed by atoms with Gasteiger partial charge >= 0.3 is 5.97 Å². The van der Waals surface area contributed by atoms with Crippen LogP contribution < -0.4 is 11.1 Å². The van der Waals surface area contributed by atoms with Crippen LogP contribution in [0, 0.1) is 0 Å². The SMILES string of the molecule is CCOC(=O)C[C@@H]1C[C@H](n2cc(-c3ccccc3)c3c(N)ncnc32)CN1. The first-order valence-electron chi connectivity index (χ1n) is 9.22. The molecule has 0 bridgehead atoms. The predicted octanol–water partition coefficient (Wildman–Crippen LogP) is 2.54. The lowest BCUT2D eigenvalue weighted by atomic mass is 10.1. The minimum atomic E-state index is -0.162. The Balaban J connectivity index is 1.67. The monoisotopic (exact) mass is 365 g/mol. The molecule has 0 spiro atoms. The highest BCUT2D eigenvalue weighted by atomic mass is 16.5.